The third-order valence-corrected chi connectivity index (χ3v) is 3.65. The van der Waals surface area contributed by atoms with Gasteiger partial charge < -0.3 is 10.2 Å². The predicted molar refractivity (Wildman–Crippen MR) is 67.7 cm³/mol. The third kappa shape index (κ3) is 2.60. The fourth-order valence-electron chi connectivity index (χ4n) is 2.50. The molecule has 2 nitrogen and oxygen atoms in total. The molecule has 0 unspecified atom stereocenters. The Bertz CT molecular complexity index is 395. The molecule has 0 spiro atoms. The Kier molecular flexibility index (Phi) is 3.02. The summed E-state index contributed by atoms with van der Waals surface area (Å²) >= 11 is 0. The van der Waals surface area contributed by atoms with E-state index in [1.54, 1.807) is 12.1 Å². The summed E-state index contributed by atoms with van der Waals surface area (Å²) in [5, 5.41) is 3.47. The molecule has 0 bridgehead atoms. The highest BCUT2D eigenvalue weighted by Gasteiger charge is 2.22. The fourth-order valence-corrected chi connectivity index (χ4v) is 2.50. The Hall–Kier alpha value is -1.09. The van der Waals surface area contributed by atoms with Crippen LogP contribution in [-0.4, -0.2) is 19.1 Å². The summed E-state index contributed by atoms with van der Waals surface area (Å²) in [5.74, 6) is -0.124. The molecule has 2 aliphatic rings. The van der Waals surface area contributed by atoms with Crippen LogP contribution in [0.15, 0.2) is 18.2 Å². The lowest BCUT2D eigenvalue weighted by Gasteiger charge is -2.21. The van der Waals surface area contributed by atoms with Crippen LogP contribution >= 0.6 is 0 Å². The lowest BCUT2D eigenvalue weighted by Crippen LogP contribution is -2.22. The lowest BCUT2D eigenvalue weighted by atomic mass is 10.1. The van der Waals surface area contributed by atoms with Crippen LogP contribution in [0.3, 0.4) is 0 Å². The van der Waals surface area contributed by atoms with Crippen LogP contribution in [-0.2, 0) is 6.54 Å². The number of anilines is 1. The molecule has 92 valence electrons. The van der Waals surface area contributed by atoms with Gasteiger partial charge in [0.2, 0.25) is 0 Å². The van der Waals surface area contributed by atoms with Gasteiger partial charge in [0.05, 0.1) is 0 Å². The standard InChI is InChI=1S/C14H19FN2/c15-12-3-6-14(17-7-1-2-8-17)11(9-12)10-16-13-4-5-13/h3,6,9,13,16H,1-2,4-5,7-8,10H2. The van der Waals surface area contributed by atoms with Crippen molar-refractivity contribution in [3.8, 4) is 0 Å². The highest BCUT2D eigenvalue weighted by molar-refractivity contribution is 5.54. The molecule has 1 heterocycles. The minimum atomic E-state index is -0.124. The molecule has 1 aromatic rings. The number of halogens is 1. The summed E-state index contributed by atoms with van der Waals surface area (Å²) < 4.78 is 13.3. The SMILES string of the molecule is Fc1ccc(N2CCCC2)c(CNC2CC2)c1. The summed E-state index contributed by atoms with van der Waals surface area (Å²) in [4.78, 5) is 2.38. The molecule has 17 heavy (non-hydrogen) atoms. The van der Waals surface area contributed by atoms with Gasteiger partial charge in [-0.25, -0.2) is 4.39 Å². The van der Waals surface area contributed by atoms with Gasteiger partial charge in [-0.3, -0.25) is 0 Å². The molecule has 0 radical (unpaired) electrons. The summed E-state index contributed by atoms with van der Waals surface area (Å²) in [6.45, 7) is 3.03. The van der Waals surface area contributed by atoms with Crippen molar-refractivity contribution in [1.29, 1.82) is 0 Å². The van der Waals surface area contributed by atoms with Crippen molar-refractivity contribution in [3.05, 3.63) is 29.6 Å². The maximum Gasteiger partial charge on any atom is 0.123 e. The molecule has 3 rings (SSSR count). The first kappa shape index (κ1) is 11.0. The van der Waals surface area contributed by atoms with E-state index in [1.165, 1.54) is 31.4 Å². The molecule has 1 saturated heterocycles. The molecule has 1 aliphatic carbocycles. The highest BCUT2D eigenvalue weighted by Crippen LogP contribution is 2.27. The van der Waals surface area contributed by atoms with E-state index in [4.69, 9.17) is 0 Å². The van der Waals surface area contributed by atoms with E-state index < -0.39 is 0 Å². The van der Waals surface area contributed by atoms with E-state index in [-0.39, 0.29) is 5.82 Å². The number of hydrogen-bond acceptors (Lipinski definition) is 2. The minimum Gasteiger partial charge on any atom is -0.371 e. The van der Waals surface area contributed by atoms with Gasteiger partial charge in [-0.05, 0) is 49.4 Å². The molecule has 0 atom stereocenters. The zero-order valence-corrected chi connectivity index (χ0v) is 10.1. The van der Waals surface area contributed by atoms with Crippen molar-refractivity contribution in [1.82, 2.24) is 5.32 Å². The Morgan fingerprint density at radius 2 is 2.00 bits per heavy atom. The molecular formula is C14H19FN2. The third-order valence-electron chi connectivity index (χ3n) is 3.65. The maximum absolute atomic E-state index is 13.3. The van der Waals surface area contributed by atoms with Gasteiger partial charge in [0, 0.05) is 31.4 Å². The van der Waals surface area contributed by atoms with Crippen LogP contribution in [0.4, 0.5) is 10.1 Å². The van der Waals surface area contributed by atoms with E-state index in [9.17, 15) is 4.39 Å². The van der Waals surface area contributed by atoms with E-state index >= 15 is 0 Å². The quantitative estimate of drug-likeness (QED) is 0.861. The molecule has 1 N–H and O–H groups in total. The summed E-state index contributed by atoms with van der Waals surface area (Å²) in [6.07, 6.45) is 5.06. The van der Waals surface area contributed by atoms with Crippen LogP contribution < -0.4 is 10.2 Å². The van der Waals surface area contributed by atoms with Crippen LogP contribution in [0.25, 0.3) is 0 Å². The van der Waals surface area contributed by atoms with Crippen LogP contribution in [0.5, 0.6) is 0 Å². The molecule has 0 aromatic heterocycles. The predicted octanol–water partition coefficient (Wildman–Crippen LogP) is 2.68. The van der Waals surface area contributed by atoms with Gasteiger partial charge in [0.1, 0.15) is 5.82 Å². The van der Waals surface area contributed by atoms with Crippen LogP contribution in [0, 0.1) is 5.82 Å². The topological polar surface area (TPSA) is 15.3 Å². The first-order chi connectivity index (χ1) is 8.33. The Morgan fingerprint density at radius 3 is 2.71 bits per heavy atom. The van der Waals surface area contributed by atoms with Gasteiger partial charge in [-0.15, -0.1) is 0 Å². The van der Waals surface area contributed by atoms with E-state index in [0.717, 1.165) is 25.2 Å². The second kappa shape index (κ2) is 4.65. The Labute approximate surface area is 102 Å². The number of benzene rings is 1. The smallest absolute Gasteiger partial charge is 0.123 e. The average molecular weight is 234 g/mol. The summed E-state index contributed by atoms with van der Waals surface area (Å²) in [6, 6.07) is 5.87. The highest BCUT2D eigenvalue weighted by atomic mass is 19.1. The maximum atomic E-state index is 13.3. The molecule has 1 saturated carbocycles. The second-order valence-electron chi connectivity index (χ2n) is 5.12. The number of hydrogen-bond donors (Lipinski definition) is 1. The number of rotatable bonds is 4. The average Bonchev–Trinajstić information content (AvgIpc) is 3.00. The van der Waals surface area contributed by atoms with E-state index in [2.05, 4.69) is 10.2 Å². The fraction of sp³-hybridized carbons (Fsp3) is 0.571. The molecule has 0 amide bonds. The number of nitrogens with one attached hydrogen (secondary N) is 1. The van der Waals surface area contributed by atoms with Gasteiger partial charge in [0.15, 0.2) is 0 Å². The van der Waals surface area contributed by atoms with Crippen molar-refractivity contribution in [3.63, 3.8) is 0 Å². The first-order valence-electron chi connectivity index (χ1n) is 6.60. The van der Waals surface area contributed by atoms with Crippen molar-refractivity contribution < 1.29 is 4.39 Å². The van der Waals surface area contributed by atoms with Gasteiger partial charge in [0.25, 0.3) is 0 Å². The van der Waals surface area contributed by atoms with Gasteiger partial charge in [-0.1, -0.05) is 0 Å². The van der Waals surface area contributed by atoms with E-state index in [0.29, 0.717) is 6.04 Å². The van der Waals surface area contributed by atoms with Crippen LogP contribution in [0.2, 0.25) is 0 Å². The molecule has 3 heteroatoms. The Morgan fingerprint density at radius 1 is 1.24 bits per heavy atom. The van der Waals surface area contributed by atoms with Crippen LogP contribution in [0.1, 0.15) is 31.2 Å². The first-order valence-corrected chi connectivity index (χ1v) is 6.60. The summed E-state index contributed by atoms with van der Waals surface area (Å²) in [5.41, 5.74) is 2.33. The molecular weight excluding hydrogens is 215 g/mol. The van der Waals surface area contributed by atoms with Crippen molar-refractivity contribution in [2.45, 2.75) is 38.3 Å². The van der Waals surface area contributed by atoms with Crippen molar-refractivity contribution >= 4 is 5.69 Å². The Balaban J connectivity index is 1.78. The molecule has 2 fully saturated rings. The molecule has 1 aromatic carbocycles. The second-order valence-corrected chi connectivity index (χ2v) is 5.12. The molecule has 1 aliphatic heterocycles. The monoisotopic (exact) mass is 234 g/mol. The van der Waals surface area contributed by atoms with E-state index in [1.807, 2.05) is 6.07 Å². The van der Waals surface area contributed by atoms with Crippen molar-refractivity contribution in [2.24, 2.45) is 0 Å². The summed E-state index contributed by atoms with van der Waals surface area (Å²) in [7, 11) is 0. The minimum absolute atomic E-state index is 0.124. The largest absolute Gasteiger partial charge is 0.371 e. The van der Waals surface area contributed by atoms with Gasteiger partial charge in [-0.2, -0.15) is 0 Å². The normalized spacial score (nSPS) is 19.9. The zero-order valence-electron chi connectivity index (χ0n) is 10.1. The zero-order chi connectivity index (χ0) is 11.7. The number of nitrogens with zero attached hydrogens (tertiary/aromatic N) is 1. The van der Waals surface area contributed by atoms with Gasteiger partial charge >= 0.3 is 0 Å². The lowest BCUT2D eigenvalue weighted by molar-refractivity contribution is 0.619. The van der Waals surface area contributed by atoms with Crippen molar-refractivity contribution in [2.75, 3.05) is 18.0 Å².